The lowest BCUT2D eigenvalue weighted by atomic mass is 9.85. The molecule has 0 atom stereocenters. The first-order valence-electron chi connectivity index (χ1n) is 10.5. The predicted octanol–water partition coefficient (Wildman–Crippen LogP) is 1.21. The van der Waals surface area contributed by atoms with Crippen LogP contribution in [0.1, 0.15) is 43.7 Å². The molecule has 10 heteroatoms. The van der Waals surface area contributed by atoms with Crippen molar-refractivity contribution in [3.05, 3.63) is 11.9 Å². The van der Waals surface area contributed by atoms with Crippen LogP contribution in [0.2, 0.25) is 0 Å². The van der Waals surface area contributed by atoms with Gasteiger partial charge in [0.25, 0.3) is 0 Å². The van der Waals surface area contributed by atoms with Gasteiger partial charge in [-0.2, -0.15) is 0 Å². The van der Waals surface area contributed by atoms with Crippen molar-refractivity contribution in [3.8, 4) is 0 Å². The Morgan fingerprint density at radius 3 is 1.80 bits per heavy atom. The average Bonchev–Trinajstić information content (AvgIpc) is 2.79. The molecule has 0 aromatic carbocycles. The van der Waals surface area contributed by atoms with Crippen LogP contribution in [0.15, 0.2) is 6.20 Å². The summed E-state index contributed by atoms with van der Waals surface area (Å²) in [5.41, 5.74) is 2.71. The van der Waals surface area contributed by atoms with Crippen LogP contribution in [-0.4, -0.2) is 81.1 Å². The summed E-state index contributed by atoms with van der Waals surface area (Å²) in [6.45, 7) is 0.296. The second-order valence-corrected chi connectivity index (χ2v) is 7.09. The van der Waals surface area contributed by atoms with E-state index in [-0.39, 0.29) is 45.4 Å². The summed E-state index contributed by atoms with van der Waals surface area (Å²) in [5, 5.41) is 33.4. The molecule has 1 fully saturated rings. The molecule has 2 rings (SSSR count). The Hall–Kier alpha value is -1.69. The highest BCUT2D eigenvalue weighted by Gasteiger charge is 2.31. The van der Waals surface area contributed by atoms with Crippen LogP contribution in [0.25, 0.3) is 0 Å². The molecule has 1 aliphatic carbocycles. The molecule has 1 heterocycles. The fraction of sp³-hybridized carbons (Fsp3) is 0.750. The van der Waals surface area contributed by atoms with Gasteiger partial charge in [0, 0.05) is 5.92 Å². The normalized spacial score (nSPS) is 14.7. The Morgan fingerprint density at radius 1 is 0.800 bits per heavy atom. The maximum atomic E-state index is 9.63. The van der Waals surface area contributed by atoms with Crippen LogP contribution >= 0.6 is 0 Å². The lowest BCUT2D eigenvalue weighted by Gasteiger charge is -2.36. The zero-order valence-electron chi connectivity index (χ0n) is 18.3. The van der Waals surface area contributed by atoms with Crippen LogP contribution in [0.5, 0.6) is 0 Å². The van der Waals surface area contributed by atoms with Crippen molar-refractivity contribution >= 4 is 17.1 Å². The number of rotatable bonds is 13. The molecule has 0 aliphatic heterocycles. The number of hydrogen-bond donors (Lipinski definition) is 3. The van der Waals surface area contributed by atoms with Crippen LogP contribution < -0.4 is 15.2 Å². The number of anilines is 3. The minimum absolute atomic E-state index is 0.112. The van der Waals surface area contributed by atoms with Gasteiger partial charge in [0.15, 0.2) is 0 Å². The number of hydrogen-bond acceptors (Lipinski definition) is 10. The molecule has 1 aromatic rings. The van der Waals surface area contributed by atoms with E-state index in [1.165, 1.54) is 25.7 Å². The summed E-state index contributed by atoms with van der Waals surface area (Å²) in [4.78, 5) is 21.5. The summed E-state index contributed by atoms with van der Waals surface area (Å²) in [6, 6.07) is 0. The molecule has 1 aliphatic rings. The first-order chi connectivity index (χ1) is 14.7. The van der Waals surface area contributed by atoms with Gasteiger partial charge in [-0.05, 0) is 12.8 Å². The fourth-order valence-corrected chi connectivity index (χ4v) is 4.02. The molecule has 3 N–H and O–H groups in total. The summed E-state index contributed by atoms with van der Waals surface area (Å²) >= 11 is 0. The lowest BCUT2D eigenvalue weighted by molar-refractivity contribution is 0.131. The smallest absolute Gasteiger partial charge is 0.119 e. The molecule has 1 aromatic heterocycles. The predicted molar refractivity (Wildman–Crippen MR) is 114 cm³/mol. The van der Waals surface area contributed by atoms with Gasteiger partial charge in [0.05, 0.1) is 72.7 Å². The summed E-state index contributed by atoms with van der Waals surface area (Å²) in [5.74, 6) is 0.250. The molecule has 10 nitrogen and oxygen atoms in total. The van der Waals surface area contributed by atoms with Gasteiger partial charge in [0.2, 0.25) is 0 Å². The Bertz CT molecular complexity index is 588. The van der Waals surface area contributed by atoms with Crippen molar-refractivity contribution in [3.63, 3.8) is 0 Å². The lowest BCUT2D eigenvalue weighted by Crippen LogP contribution is -2.35. The van der Waals surface area contributed by atoms with E-state index in [2.05, 4.69) is 0 Å². The van der Waals surface area contributed by atoms with Crippen molar-refractivity contribution in [2.24, 2.45) is 0 Å². The number of pyridine rings is 1. The fourth-order valence-electron chi connectivity index (χ4n) is 4.02. The minimum atomic E-state index is -0.131. The highest BCUT2D eigenvalue weighted by Crippen LogP contribution is 2.46. The minimum Gasteiger partial charge on any atom is -0.394 e. The summed E-state index contributed by atoms with van der Waals surface area (Å²) < 4.78 is 0. The highest BCUT2D eigenvalue weighted by atomic mass is 16.7. The molecule has 0 saturated heterocycles. The molecule has 0 amide bonds. The first-order valence-corrected chi connectivity index (χ1v) is 10.5. The third-order valence-electron chi connectivity index (χ3n) is 5.37. The number of nitrogens with zero attached hydrogens (tertiary/aromatic N) is 4. The van der Waals surface area contributed by atoms with Gasteiger partial charge in [0.1, 0.15) is 17.1 Å². The van der Waals surface area contributed by atoms with Crippen molar-refractivity contribution in [1.82, 2.24) is 4.98 Å². The van der Waals surface area contributed by atoms with Gasteiger partial charge < -0.3 is 15.3 Å². The molecular weight excluding hydrogens is 392 g/mol. The van der Waals surface area contributed by atoms with Crippen molar-refractivity contribution in [2.75, 3.05) is 76.0 Å². The van der Waals surface area contributed by atoms with Crippen molar-refractivity contribution in [2.45, 2.75) is 38.0 Å². The number of aliphatic hydroxyl groups is 3. The zero-order chi connectivity index (χ0) is 21.9. The van der Waals surface area contributed by atoms with Crippen molar-refractivity contribution < 1.29 is 29.8 Å². The third kappa shape index (κ3) is 5.71. The largest absolute Gasteiger partial charge is 0.394 e. The van der Waals surface area contributed by atoms with E-state index in [1.54, 1.807) is 23.4 Å². The van der Waals surface area contributed by atoms with Gasteiger partial charge in [-0.3, -0.25) is 19.5 Å². The summed E-state index contributed by atoms with van der Waals surface area (Å²) in [7, 11) is 4.58. The van der Waals surface area contributed by atoms with Gasteiger partial charge in [-0.15, -0.1) is 0 Å². The number of aliphatic hydroxyl groups excluding tert-OH is 3. The Labute approximate surface area is 178 Å². The molecule has 30 heavy (non-hydrogen) atoms. The maximum Gasteiger partial charge on any atom is 0.119 e. The van der Waals surface area contributed by atoms with Crippen LogP contribution in [0.3, 0.4) is 0 Å². The van der Waals surface area contributed by atoms with E-state index in [1.807, 2.05) is 0 Å². The monoisotopic (exact) mass is 428 g/mol. The van der Waals surface area contributed by atoms with Gasteiger partial charge >= 0.3 is 0 Å². The second-order valence-electron chi connectivity index (χ2n) is 7.09. The van der Waals surface area contributed by atoms with Crippen LogP contribution in [0, 0.1) is 0 Å². The molecule has 172 valence electrons. The van der Waals surface area contributed by atoms with E-state index in [9.17, 15) is 15.3 Å². The molecule has 0 bridgehead atoms. The molecule has 0 radical (unpaired) electrons. The van der Waals surface area contributed by atoms with Crippen LogP contribution in [-0.2, 0) is 14.5 Å². The van der Waals surface area contributed by atoms with E-state index in [0.29, 0.717) is 17.1 Å². The van der Waals surface area contributed by atoms with Gasteiger partial charge in [-0.1, -0.05) is 19.3 Å². The number of hydroxylamine groups is 3. The molecule has 1 saturated carbocycles. The van der Waals surface area contributed by atoms with Crippen LogP contribution in [0.4, 0.5) is 17.1 Å². The molecular formula is C20H36N4O6. The Morgan fingerprint density at radius 2 is 1.30 bits per heavy atom. The SMILES string of the molecule is CON(CCO)c1cnc(C2CCCCC2)c(N(CCO)OC)c1N(CCO)OC. The topological polar surface area (TPSA) is 111 Å². The molecule has 0 spiro atoms. The third-order valence-corrected chi connectivity index (χ3v) is 5.37. The van der Waals surface area contributed by atoms with E-state index in [0.717, 1.165) is 31.4 Å². The van der Waals surface area contributed by atoms with E-state index in [4.69, 9.17) is 19.5 Å². The van der Waals surface area contributed by atoms with E-state index < -0.39 is 0 Å². The molecule has 0 unspecified atom stereocenters. The van der Waals surface area contributed by atoms with Gasteiger partial charge in [-0.25, -0.2) is 15.2 Å². The van der Waals surface area contributed by atoms with E-state index >= 15 is 0 Å². The standard InChI is InChI=1S/C20H36N4O6/c1-28-22(9-12-25)17-15-21-18(16-7-5-4-6-8-16)20(24(30-3)11-14-27)19(17)23(29-2)10-13-26/h15-16,25-27H,4-14H2,1-3H3. The quantitative estimate of drug-likeness (QED) is 0.396. The zero-order valence-corrected chi connectivity index (χ0v) is 18.3. The Kier molecular flexibility index (Phi) is 10.6. The number of aromatic nitrogens is 1. The maximum absolute atomic E-state index is 9.63. The van der Waals surface area contributed by atoms with Crippen molar-refractivity contribution in [1.29, 1.82) is 0 Å². The summed E-state index contributed by atoms with van der Waals surface area (Å²) in [6.07, 6.45) is 7.23. The first kappa shape index (κ1) is 24.6. The average molecular weight is 429 g/mol. The Balaban J connectivity index is 2.74. The highest BCUT2D eigenvalue weighted by molar-refractivity contribution is 5.84. The second kappa shape index (κ2) is 12.9.